The molecular formula is C14H24N4O3S. The number of H-pyrrole nitrogens is 1. The molecule has 2 rings (SSSR count). The van der Waals surface area contributed by atoms with Crippen molar-refractivity contribution in [2.75, 3.05) is 19.3 Å². The lowest BCUT2D eigenvalue weighted by molar-refractivity contribution is 0.0945. The second-order valence-electron chi connectivity index (χ2n) is 6.14. The zero-order chi connectivity index (χ0) is 16.5. The van der Waals surface area contributed by atoms with Crippen molar-refractivity contribution in [3.8, 4) is 0 Å². The van der Waals surface area contributed by atoms with Crippen molar-refractivity contribution in [2.24, 2.45) is 0 Å². The van der Waals surface area contributed by atoms with Gasteiger partial charge in [-0.2, -0.15) is 9.40 Å². The molecule has 1 amide bonds. The minimum atomic E-state index is -3.22. The molecule has 2 N–H and O–H groups in total. The second kappa shape index (κ2) is 6.37. The van der Waals surface area contributed by atoms with E-state index in [1.165, 1.54) is 10.6 Å². The highest BCUT2D eigenvalue weighted by Crippen LogP contribution is 2.21. The molecule has 1 aromatic heterocycles. The monoisotopic (exact) mass is 328 g/mol. The molecule has 22 heavy (non-hydrogen) atoms. The molecule has 1 aliphatic rings. The standard InChI is InChI=1S/C14H24N4O3S/c1-9(2)13-12(10(3)16-17-13)14(19)15-8-11-6-5-7-18(11)22(4,20)21/h9,11H,5-8H2,1-4H3,(H,15,19)(H,16,17)/t11-/m1/s1. The summed E-state index contributed by atoms with van der Waals surface area (Å²) < 4.78 is 24.9. The van der Waals surface area contributed by atoms with Gasteiger partial charge in [-0.15, -0.1) is 0 Å². The van der Waals surface area contributed by atoms with E-state index in [1.807, 2.05) is 20.8 Å². The largest absolute Gasteiger partial charge is 0.350 e. The van der Waals surface area contributed by atoms with Crippen molar-refractivity contribution >= 4 is 15.9 Å². The van der Waals surface area contributed by atoms with Crippen LogP contribution in [0.2, 0.25) is 0 Å². The minimum Gasteiger partial charge on any atom is -0.350 e. The first-order valence-electron chi connectivity index (χ1n) is 7.51. The summed E-state index contributed by atoms with van der Waals surface area (Å²) >= 11 is 0. The van der Waals surface area contributed by atoms with Crippen LogP contribution in [0.5, 0.6) is 0 Å². The Kier molecular flexibility index (Phi) is 4.91. The van der Waals surface area contributed by atoms with Crippen LogP contribution in [-0.2, 0) is 10.0 Å². The van der Waals surface area contributed by atoms with E-state index in [1.54, 1.807) is 0 Å². The zero-order valence-electron chi connectivity index (χ0n) is 13.5. The molecule has 0 radical (unpaired) electrons. The number of hydrogen-bond acceptors (Lipinski definition) is 4. The summed E-state index contributed by atoms with van der Waals surface area (Å²) in [4.78, 5) is 12.4. The maximum atomic E-state index is 12.4. The summed E-state index contributed by atoms with van der Waals surface area (Å²) in [5, 5.41) is 9.88. The van der Waals surface area contributed by atoms with Gasteiger partial charge in [0, 0.05) is 24.8 Å². The molecule has 0 unspecified atom stereocenters. The molecule has 124 valence electrons. The van der Waals surface area contributed by atoms with Crippen molar-refractivity contribution < 1.29 is 13.2 Å². The van der Waals surface area contributed by atoms with Gasteiger partial charge in [0.25, 0.3) is 5.91 Å². The molecule has 2 heterocycles. The molecule has 0 saturated carbocycles. The molecule has 0 spiro atoms. The number of nitrogens with one attached hydrogen (secondary N) is 2. The van der Waals surface area contributed by atoms with Crippen molar-refractivity contribution in [3.05, 3.63) is 17.0 Å². The van der Waals surface area contributed by atoms with Crippen LogP contribution in [0.1, 0.15) is 54.4 Å². The quantitative estimate of drug-likeness (QED) is 0.843. The number of carbonyl (C=O) groups excluding carboxylic acids is 1. The smallest absolute Gasteiger partial charge is 0.255 e. The van der Waals surface area contributed by atoms with Crippen LogP contribution in [-0.4, -0.2) is 54.2 Å². The molecule has 0 bridgehead atoms. The van der Waals surface area contributed by atoms with Crippen molar-refractivity contribution in [1.29, 1.82) is 0 Å². The number of aromatic nitrogens is 2. The van der Waals surface area contributed by atoms with Crippen LogP contribution in [0.4, 0.5) is 0 Å². The number of aromatic amines is 1. The summed E-state index contributed by atoms with van der Waals surface area (Å²) in [5.41, 5.74) is 2.04. The Balaban J connectivity index is 2.06. The zero-order valence-corrected chi connectivity index (χ0v) is 14.3. The van der Waals surface area contributed by atoms with Crippen LogP contribution in [0.25, 0.3) is 0 Å². The molecule has 1 saturated heterocycles. The van der Waals surface area contributed by atoms with E-state index >= 15 is 0 Å². The summed E-state index contributed by atoms with van der Waals surface area (Å²) in [5.74, 6) is -0.0556. The fraction of sp³-hybridized carbons (Fsp3) is 0.714. The first-order chi connectivity index (χ1) is 10.2. The normalized spacial score (nSPS) is 19.8. The summed E-state index contributed by atoms with van der Waals surface area (Å²) in [6, 6.07) is -0.159. The van der Waals surface area contributed by atoms with Gasteiger partial charge in [0.1, 0.15) is 0 Å². The first-order valence-corrected chi connectivity index (χ1v) is 9.36. The predicted molar refractivity (Wildman–Crippen MR) is 84.3 cm³/mol. The highest BCUT2D eigenvalue weighted by atomic mass is 32.2. The maximum Gasteiger partial charge on any atom is 0.255 e. The molecule has 1 aromatic rings. The number of amides is 1. The molecular weight excluding hydrogens is 304 g/mol. The van der Waals surface area contributed by atoms with E-state index in [-0.39, 0.29) is 17.9 Å². The van der Waals surface area contributed by atoms with E-state index in [2.05, 4.69) is 15.5 Å². The SMILES string of the molecule is Cc1[nH]nc(C(C)C)c1C(=O)NC[C@H]1CCCN1S(C)(=O)=O. The molecule has 1 fully saturated rings. The van der Waals surface area contributed by atoms with Gasteiger partial charge in [-0.25, -0.2) is 8.42 Å². The van der Waals surface area contributed by atoms with E-state index < -0.39 is 10.0 Å². The van der Waals surface area contributed by atoms with Crippen molar-refractivity contribution in [2.45, 2.75) is 45.6 Å². The van der Waals surface area contributed by atoms with Crippen LogP contribution in [0, 0.1) is 6.92 Å². The summed E-state index contributed by atoms with van der Waals surface area (Å²) in [6.07, 6.45) is 2.81. The third-order valence-corrected chi connectivity index (χ3v) is 5.33. The molecule has 0 aliphatic carbocycles. The minimum absolute atomic E-state index is 0.143. The van der Waals surface area contributed by atoms with Crippen LogP contribution in [0.15, 0.2) is 0 Å². The van der Waals surface area contributed by atoms with Crippen LogP contribution < -0.4 is 5.32 Å². The summed E-state index contributed by atoms with van der Waals surface area (Å²) in [7, 11) is -3.22. The van der Waals surface area contributed by atoms with E-state index in [0.717, 1.165) is 24.2 Å². The third-order valence-electron chi connectivity index (χ3n) is 4.00. The maximum absolute atomic E-state index is 12.4. The second-order valence-corrected chi connectivity index (χ2v) is 8.08. The fourth-order valence-corrected chi connectivity index (χ4v) is 4.08. The van der Waals surface area contributed by atoms with Gasteiger partial charge < -0.3 is 5.32 Å². The van der Waals surface area contributed by atoms with Gasteiger partial charge in [0.15, 0.2) is 0 Å². The van der Waals surface area contributed by atoms with Gasteiger partial charge in [0.2, 0.25) is 10.0 Å². The Labute approximate surface area is 131 Å². The molecule has 1 aliphatic heterocycles. The van der Waals surface area contributed by atoms with Crippen molar-refractivity contribution in [3.63, 3.8) is 0 Å². The van der Waals surface area contributed by atoms with Crippen LogP contribution >= 0.6 is 0 Å². The number of rotatable bonds is 5. The number of carbonyl (C=O) groups is 1. The lowest BCUT2D eigenvalue weighted by atomic mass is 10.0. The Hall–Kier alpha value is -1.41. The van der Waals surface area contributed by atoms with E-state index in [4.69, 9.17) is 0 Å². The Bertz CT molecular complexity index is 651. The molecule has 0 aromatic carbocycles. The molecule has 8 heteroatoms. The average Bonchev–Trinajstić information content (AvgIpc) is 3.01. The lowest BCUT2D eigenvalue weighted by Crippen LogP contribution is -2.42. The molecule has 7 nitrogen and oxygen atoms in total. The van der Waals surface area contributed by atoms with E-state index in [0.29, 0.717) is 18.7 Å². The van der Waals surface area contributed by atoms with Crippen LogP contribution in [0.3, 0.4) is 0 Å². The van der Waals surface area contributed by atoms with Gasteiger partial charge in [-0.05, 0) is 25.7 Å². The topological polar surface area (TPSA) is 95.2 Å². The number of hydrogen-bond donors (Lipinski definition) is 2. The Morgan fingerprint density at radius 2 is 2.18 bits per heavy atom. The highest BCUT2D eigenvalue weighted by molar-refractivity contribution is 7.88. The predicted octanol–water partition coefficient (Wildman–Crippen LogP) is 0.995. The number of sulfonamides is 1. The van der Waals surface area contributed by atoms with E-state index in [9.17, 15) is 13.2 Å². The lowest BCUT2D eigenvalue weighted by Gasteiger charge is -2.22. The fourth-order valence-electron chi connectivity index (χ4n) is 2.90. The summed E-state index contributed by atoms with van der Waals surface area (Å²) in [6.45, 7) is 6.63. The average molecular weight is 328 g/mol. The molecule has 1 atom stereocenters. The van der Waals surface area contributed by atoms with Gasteiger partial charge in [-0.1, -0.05) is 13.8 Å². The first kappa shape index (κ1) is 17.0. The number of aryl methyl sites for hydroxylation is 1. The Morgan fingerprint density at radius 3 is 2.77 bits per heavy atom. The Morgan fingerprint density at radius 1 is 1.50 bits per heavy atom. The highest BCUT2D eigenvalue weighted by Gasteiger charge is 2.32. The van der Waals surface area contributed by atoms with Crippen molar-refractivity contribution in [1.82, 2.24) is 19.8 Å². The number of nitrogens with zero attached hydrogens (tertiary/aromatic N) is 2. The van der Waals surface area contributed by atoms with Gasteiger partial charge >= 0.3 is 0 Å². The van der Waals surface area contributed by atoms with Gasteiger partial charge in [-0.3, -0.25) is 9.89 Å². The van der Waals surface area contributed by atoms with Gasteiger partial charge in [0.05, 0.1) is 17.5 Å². The third kappa shape index (κ3) is 3.49.